The largest absolute Gasteiger partial charge is 1.00 e. The molecule has 0 rings (SSSR count). The summed E-state index contributed by atoms with van der Waals surface area (Å²) in [4.78, 5) is 22.9. The molecule has 13 heavy (non-hydrogen) atoms. The van der Waals surface area contributed by atoms with Gasteiger partial charge >= 0.3 is 88.7 Å². The van der Waals surface area contributed by atoms with E-state index >= 15 is 0 Å². The molecule has 0 heterocycles. The summed E-state index contributed by atoms with van der Waals surface area (Å²) in [6.07, 6.45) is 0. The molecule has 0 aliphatic heterocycles. The molecule has 0 aliphatic rings. The smallest absolute Gasteiger partial charge is 0.759 e. The first-order valence-electron chi connectivity index (χ1n) is 1.43. The monoisotopic (exact) mass is 262 g/mol. The quantitative estimate of drug-likeness (QED) is 0.188. The Bertz CT molecular complexity index is 197. The van der Waals surface area contributed by atoms with Crippen molar-refractivity contribution in [3.63, 3.8) is 0 Å². The predicted molar refractivity (Wildman–Crippen MR) is 22.5 cm³/mol. The fourth-order valence-electron chi connectivity index (χ4n) is 0. The molecule has 0 saturated heterocycles. The number of hydrogen-bond donors (Lipinski definition) is 2. The average molecular weight is 262 g/mol. The Morgan fingerprint density at radius 2 is 1.00 bits per heavy atom. The second-order valence-electron chi connectivity index (χ2n) is 0.899. The zero-order chi connectivity index (χ0) is 9.00. The molecular formula is H2Na3O8PS. The molecule has 0 amide bonds. The minimum Gasteiger partial charge on any atom is -0.759 e. The molecule has 8 nitrogen and oxygen atoms in total. The molecule has 0 atom stereocenters. The molecule has 64 valence electrons. The van der Waals surface area contributed by atoms with Gasteiger partial charge in [0.15, 0.2) is 0 Å². The van der Waals surface area contributed by atoms with Gasteiger partial charge in [-0.2, -0.15) is 0 Å². The molecule has 0 bridgehead atoms. The van der Waals surface area contributed by atoms with Crippen LogP contribution < -0.4 is 93.6 Å². The molecule has 0 radical (unpaired) electrons. The standard InChI is InChI=1S/3Na.H3O4P.H2O4S/c;;;2*1-5(2,3)4/h;;;(H3,1,2,3,4);(H2,1,2,3,4)/q3*+1;;/p-3. The molecular weight excluding hydrogens is 260 g/mol. The molecule has 2 N–H and O–H groups in total. The third-order valence-corrected chi connectivity index (χ3v) is 0. The Kier molecular flexibility index (Phi) is 29.9. The molecule has 0 spiro atoms. The van der Waals surface area contributed by atoms with Gasteiger partial charge in [0.2, 0.25) is 0 Å². The van der Waals surface area contributed by atoms with Crippen LogP contribution in [0.1, 0.15) is 0 Å². The van der Waals surface area contributed by atoms with E-state index in [0.717, 1.165) is 0 Å². The summed E-state index contributed by atoms with van der Waals surface area (Å²) in [5.41, 5.74) is 0. The van der Waals surface area contributed by atoms with Crippen molar-refractivity contribution >= 4 is 18.2 Å². The molecule has 0 saturated carbocycles. The van der Waals surface area contributed by atoms with Crippen molar-refractivity contribution in [3.8, 4) is 0 Å². The van der Waals surface area contributed by atoms with Crippen LogP contribution in [0.5, 0.6) is 0 Å². The van der Waals surface area contributed by atoms with Crippen molar-refractivity contribution in [2.24, 2.45) is 0 Å². The predicted octanol–water partition coefficient (Wildman–Crippen LogP) is -11.9. The second kappa shape index (κ2) is 13.0. The number of rotatable bonds is 0. The summed E-state index contributed by atoms with van der Waals surface area (Å²) in [5.74, 6) is 0. The van der Waals surface area contributed by atoms with Crippen molar-refractivity contribution in [2.45, 2.75) is 0 Å². The van der Waals surface area contributed by atoms with Crippen molar-refractivity contribution in [1.29, 1.82) is 0 Å². The summed E-state index contributed by atoms with van der Waals surface area (Å²) in [7, 11) is -10.1. The van der Waals surface area contributed by atoms with E-state index in [2.05, 4.69) is 0 Å². The van der Waals surface area contributed by atoms with Crippen LogP contribution in [0.25, 0.3) is 0 Å². The van der Waals surface area contributed by atoms with Crippen LogP contribution in [0, 0.1) is 0 Å². The third-order valence-electron chi connectivity index (χ3n) is 0. The minimum atomic E-state index is -5.17. The van der Waals surface area contributed by atoms with Gasteiger partial charge in [-0.25, -0.2) is 0 Å². The Morgan fingerprint density at radius 1 is 1.00 bits per heavy atom. The Hall–Kier alpha value is 2.98. The van der Waals surface area contributed by atoms with E-state index in [9.17, 15) is 0 Å². The first-order chi connectivity index (χ1) is 4.00. The van der Waals surface area contributed by atoms with Gasteiger partial charge in [-0.15, -0.1) is 0 Å². The van der Waals surface area contributed by atoms with Gasteiger partial charge < -0.3 is 23.8 Å². The van der Waals surface area contributed by atoms with Crippen molar-refractivity contribution in [3.05, 3.63) is 0 Å². The van der Waals surface area contributed by atoms with Gasteiger partial charge in [-0.05, 0) is 0 Å². The van der Waals surface area contributed by atoms with Crippen LogP contribution in [0.2, 0.25) is 0 Å². The van der Waals surface area contributed by atoms with Crippen molar-refractivity contribution < 1.29 is 125 Å². The van der Waals surface area contributed by atoms with E-state index < -0.39 is 18.2 Å². The van der Waals surface area contributed by atoms with Crippen LogP contribution in [0.15, 0.2) is 0 Å². The van der Waals surface area contributed by atoms with Gasteiger partial charge in [-0.1, -0.05) is 0 Å². The first kappa shape index (κ1) is 29.7. The Balaban J connectivity index is -0.0000000267. The maximum absolute atomic E-state index is 8.77. The topological polar surface area (TPSA) is 161 Å². The van der Waals surface area contributed by atoms with Crippen molar-refractivity contribution in [1.82, 2.24) is 0 Å². The van der Waals surface area contributed by atoms with Crippen LogP contribution in [-0.2, 0) is 15.0 Å². The molecule has 0 fully saturated rings. The summed E-state index contributed by atoms with van der Waals surface area (Å²) >= 11 is 0. The fourth-order valence-corrected chi connectivity index (χ4v) is 0. The normalized spacial score (nSPS) is 9.00. The van der Waals surface area contributed by atoms with Crippen LogP contribution in [-0.4, -0.2) is 27.3 Å². The van der Waals surface area contributed by atoms with E-state index in [-0.39, 0.29) is 88.7 Å². The maximum Gasteiger partial charge on any atom is 1.00 e. The third kappa shape index (κ3) is 284. The minimum absolute atomic E-state index is 0. The van der Waals surface area contributed by atoms with Crippen LogP contribution >= 0.6 is 7.82 Å². The van der Waals surface area contributed by atoms with E-state index in [0.29, 0.717) is 0 Å². The zero-order valence-corrected chi connectivity index (χ0v) is 14.9. The second-order valence-corrected chi connectivity index (χ2v) is 2.70. The van der Waals surface area contributed by atoms with Gasteiger partial charge in [0, 0.05) is 10.4 Å². The fraction of sp³-hybridized carbons (Fsp3) is 0. The number of hydrogen-bond acceptors (Lipinski definition) is 6. The molecule has 0 unspecified atom stereocenters. The van der Waals surface area contributed by atoms with Gasteiger partial charge in [0.05, 0.1) is 0 Å². The molecule has 0 aromatic carbocycles. The average Bonchev–Trinajstić information content (AvgIpc) is 1.12. The number of phosphoric acid groups is 1. The van der Waals surface area contributed by atoms with E-state index in [1.54, 1.807) is 0 Å². The Morgan fingerprint density at radius 3 is 1.00 bits per heavy atom. The van der Waals surface area contributed by atoms with E-state index in [1.165, 1.54) is 0 Å². The van der Waals surface area contributed by atoms with Crippen LogP contribution in [0.4, 0.5) is 0 Å². The van der Waals surface area contributed by atoms with E-state index in [1.807, 2.05) is 0 Å². The van der Waals surface area contributed by atoms with Gasteiger partial charge in [0.1, 0.15) is 0 Å². The molecule has 13 heteroatoms. The molecule has 0 aromatic rings. The van der Waals surface area contributed by atoms with E-state index in [4.69, 9.17) is 36.8 Å². The van der Waals surface area contributed by atoms with Gasteiger partial charge in [-0.3, -0.25) is 13.0 Å². The summed E-state index contributed by atoms with van der Waals surface area (Å²) in [6.45, 7) is 0. The van der Waals surface area contributed by atoms with Crippen LogP contribution in [0.3, 0.4) is 0 Å². The van der Waals surface area contributed by atoms with Gasteiger partial charge in [0.25, 0.3) is 7.82 Å². The Labute approximate surface area is 141 Å². The summed E-state index contributed by atoms with van der Waals surface area (Å²) < 4.78 is 42.9. The molecule has 0 aromatic heterocycles. The van der Waals surface area contributed by atoms with Crippen molar-refractivity contribution in [2.75, 3.05) is 0 Å². The zero-order valence-electron chi connectivity index (χ0n) is 7.20. The first-order valence-corrected chi connectivity index (χ1v) is 4.30. The SMILES string of the molecule is O=P([O-])(O)O.O=S(=O)([O-])[O-].[Na+].[Na+].[Na+]. The summed E-state index contributed by atoms with van der Waals surface area (Å²) in [6, 6.07) is 0. The molecule has 0 aliphatic carbocycles. The maximum atomic E-state index is 8.77. The summed E-state index contributed by atoms with van der Waals surface area (Å²) in [5, 5.41) is 0.